The largest absolute Gasteiger partial charge is 0.496 e. The van der Waals surface area contributed by atoms with E-state index in [9.17, 15) is 0 Å². The van der Waals surface area contributed by atoms with Crippen LogP contribution in [0.4, 0.5) is 0 Å². The summed E-state index contributed by atoms with van der Waals surface area (Å²) >= 11 is 0. The molecule has 1 unspecified atom stereocenters. The van der Waals surface area contributed by atoms with Crippen molar-refractivity contribution in [3.8, 4) is 5.75 Å². The zero-order valence-electron chi connectivity index (χ0n) is 11.8. The summed E-state index contributed by atoms with van der Waals surface area (Å²) in [5.41, 5.74) is 5.04. The van der Waals surface area contributed by atoms with Gasteiger partial charge in [-0.15, -0.1) is 0 Å². The standard InChI is InChI=1S/C14H24N2O/c1-9-7-10(2)13(12(16-5)8-15-4)14(17-6)11(9)3/h7,12,15-16H,8H2,1-6H3. The molecule has 17 heavy (non-hydrogen) atoms. The summed E-state index contributed by atoms with van der Waals surface area (Å²) in [6.07, 6.45) is 0. The van der Waals surface area contributed by atoms with Gasteiger partial charge in [-0.2, -0.15) is 0 Å². The summed E-state index contributed by atoms with van der Waals surface area (Å²) in [4.78, 5) is 0. The van der Waals surface area contributed by atoms with Crippen molar-refractivity contribution in [3.63, 3.8) is 0 Å². The molecule has 0 fully saturated rings. The van der Waals surface area contributed by atoms with Gasteiger partial charge in [0.25, 0.3) is 0 Å². The van der Waals surface area contributed by atoms with Crippen molar-refractivity contribution in [3.05, 3.63) is 28.3 Å². The summed E-state index contributed by atoms with van der Waals surface area (Å²) in [6.45, 7) is 7.27. The number of methoxy groups -OCH3 is 1. The van der Waals surface area contributed by atoms with Crippen molar-refractivity contribution in [2.45, 2.75) is 26.8 Å². The second-order valence-electron chi connectivity index (χ2n) is 4.48. The van der Waals surface area contributed by atoms with Gasteiger partial charge in [-0.05, 0) is 51.6 Å². The average molecular weight is 236 g/mol. The minimum Gasteiger partial charge on any atom is -0.496 e. The smallest absolute Gasteiger partial charge is 0.127 e. The minimum atomic E-state index is 0.272. The molecule has 96 valence electrons. The van der Waals surface area contributed by atoms with Crippen LogP contribution >= 0.6 is 0 Å². The summed E-state index contributed by atoms with van der Waals surface area (Å²) in [6, 6.07) is 2.50. The Balaban J connectivity index is 3.34. The Morgan fingerprint density at radius 3 is 2.29 bits per heavy atom. The maximum Gasteiger partial charge on any atom is 0.127 e. The zero-order chi connectivity index (χ0) is 13.0. The van der Waals surface area contributed by atoms with Gasteiger partial charge in [-0.3, -0.25) is 0 Å². The average Bonchev–Trinajstić information content (AvgIpc) is 2.31. The lowest BCUT2D eigenvalue weighted by molar-refractivity contribution is 0.396. The van der Waals surface area contributed by atoms with E-state index < -0.39 is 0 Å². The highest BCUT2D eigenvalue weighted by molar-refractivity contribution is 5.51. The van der Waals surface area contributed by atoms with Crippen LogP contribution in [0.2, 0.25) is 0 Å². The Kier molecular flexibility index (Phi) is 4.97. The lowest BCUT2D eigenvalue weighted by Crippen LogP contribution is -2.28. The van der Waals surface area contributed by atoms with Crippen LogP contribution in [0.1, 0.15) is 28.3 Å². The molecule has 0 aromatic heterocycles. The molecule has 0 aliphatic heterocycles. The lowest BCUT2D eigenvalue weighted by atomic mass is 9.94. The van der Waals surface area contributed by atoms with Gasteiger partial charge in [-0.1, -0.05) is 6.07 Å². The van der Waals surface area contributed by atoms with E-state index in [0.717, 1.165) is 12.3 Å². The Morgan fingerprint density at radius 2 is 1.82 bits per heavy atom. The van der Waals surface area contributed by atoms with Crippen LogP contribution in [0.15, 0.2) is 6.07 Å². The summed E-state index contributed by atoms with van der Waals surface area (Å²) < 4.78 is 5.60. The van der Waals surface area contributed by atoms with Gasteiger partial charge >= 0.3 is 0 Å². The number of likely N-dealkylation sites (N-methyl/N-ethyl adjacent to an activating group) is 2. The fourth-order valence-corrected chi connectivity index (χ4v) is 2.32. The molecule has 2 N–H and O–H groups in total. The van der Waals surface area contributed by atoms with E-state index in [2.05, 4.69) is 37.5 Å². The summed E-state index contributed by atoms with van der Waals surface area (Å²) in [5.74, 6) is 1.01. The number of benzene rings is 1. The molecule has 0 heterocycles. The van der Waals surface area contributed by atoms with E-state index in [1.54, 1.807) is 7.11 Å². The number of hydrogen-bond donors (Lipinski definition) is 2. The van der Waals surface area contributed by atoms with Crippen molar-refractivity contribution >= 4 is 0 Å². The fraction of sp³-hybridized carbons (Fsp3) is 0.571. The molecule has 0 bridgehead atoms. The topological polar surface area (TPSA) is 33.3 Å². The second kappa shape index (κ2) is 6.03. The van der Waals surface area contributed by atoms with Crippen LogP contribution in [0.3, 0.4) is 0 Å². The highest BCUT2D eigenvalue weighted by atomic mass is 16.5. The third-order valence-corrected chi connectivity index (χ3v) is 3.34. The Hall–Kier alpha value is -1.06. The third kappa shape index (κ3) is 2.79. The monoisotopic (exact) mass is 236 g/mol. The molecule has 1 atom stereocenters. The van der Waals surface area contributed by atoms with E-state index in [1.165, 1.54) is 22.3 Å². The van der Waals surface area contributed by atoms with E-state index in [0.29, 0.717) is 0 Å². The van der Waals surface area contributed by atoms with Gasteiger partial charge in [0.05, 0.1) is 7.11 Å². The van der Waals surface area contributed by atoms with Gasteiger partial charge in [0, 0.05) is 18.2 Å². The summed E-state index contributed by atoms with van der Waals surface area (Å²) in [7, 11) is 5.69. The molecular formula is C14H24N2O. The van der Waals surface area contributed by atoms with Crippen LogP contribution in [-0.2, 0) is 0 Å². The van der Waals surface area contributed by atoms with Crippen molar-refractivity contribution in [1.82, 2.24) is 10.6 Å². The molecule has 0 aliphatic carbocycles. The van der Waals surface area contributed by atoms with Gasteiger partial charge in [-0.25, -0.2) is 0 Å². The SMILES string of the molecule is CNCC(NC)c1c(C)cc(C)c(C)c1OC. The molecular weight excluding hydrogens is 212 g/mol. The Bertz CT molecular complexity index is 388. The first-order chi connectivity index (χ1) is 8.06. The molecule has 1 rings (SSSR count). The Morgan fingerprint density at radius 1 is 1.18 bits per heavy atom. The number of hydrogen-bond acceptors (Lipinski definition) is 3. The van der Waals surface area contributed by atoms with Crippen LogP contribution in [0, 0.1) is 20.8 Å². The van der Waals surface area contributed by atoms with E-state index in [4.69, 9.17) is 4.74 Å². The molecule has 0 saturated heterocycles. The van der Waals surface area contributed by atoms with E-state index in [-0.39, 0.29) is 6.04 Å². The van der Waals surface area contributed by atoms with Crippen LogP contribution in [0.5, 0.6) is 5.75 Å². The number of aryl methyl sites for hydroxylation is 2. The van der Waals surface area contributed by atoms with Crippen LogP contribution in [-0.4, -0.2) is 27.7 Å². The van der Waals surface area contributed by atoms with Gasteiger partial charge in [0.2, 0.25) is 0 Å². The molecule has 0 saturated carbocycles. The van der Waals surface area contributed by atoms with Gasteiger partial charge in [0.1, 0.15) is 5.75 Å². The van der Waals surface area contributed by atoms with E-state index in [1.807, 2.05) is 14.1 Å². The minimum absolute atomic E-state index is 0.272. The predicted molar refractivity (Wildman–Crippen MR) is 72.9 cm³/mol. The van der Waals surface area contributed by atoms with Gasteiger partial charge < -0.3 is 15.4 Å². The third-order valence-electron chi connectivity index (χ3n) is 3.34. The van der Waals surface area contributed by atoms with Crippen molar-refractivity contribution < 1.29 is 4.74 Å². The Labute approximate surface area is 105 Å². The maximum atomic E-state index is 5.60. The van der Waals surface area contributed by atoms with E-state index >= 15 is 0 Å². The molecule has 0 radical (unpaired) electrons. The molecule has 0 spiro atoms. The second-order valence-corrected chi connectivity index (χ2v) is 4.48. The van der Waals surface area contributed by atoms with Gasteiger partial charge in [0.15, 0.2) is 0 Å². The normalized spacial score (nSPS) is 12.6. The summed E-state index contributed by atoms with van der Waals surface area (Å²) in [5, 5.41) is 6.55. The number of nitrogens with one attached hydrogen (secondary N) is 2. The molecule has 3 heteroatoms. The zero-order valence-corrected chi connectivity index (χ0v) is 11.8. The first-order valence-electron chi connectivity index (χ1n) is 6.03. The molecule has 3 nitrogen and oxygen atoms in total. The van der Waals surface area contributed by atoms with Crippen molar-refractivity contribution in [2.24, 2.45) is 0 Å². The highest BCUT2D eigenvalue weighted by Gasteiger charge is 2.19. The molecule has 0 aliphatic rings. The first-order valence-corrected chi connectivity index (χ1v) is 6.03. The fourth-order valence-electron chi connectivity index (χ4n) is 2.32. The molecule has 1 aromatic rings. The quantitative estimate of drug-likeness (QED) is 0.821. The lowest BCUT2D eigenvalue weighted by Gasteiger charge is -2.23. The first kappa shape index (κ1) is 14.0. The molecule has 1 aromatic carbocycles. The molecule has 0 amide bonds. The van der Waals surface area contributed by atoms with Crippen LogP contribution < -0.4 is 15.4 Å². The van der Waals surface area contributed by atoms with Crippen LogP contribution in [0.25, 0.3) is 0 Å². The highest BCUT2D eigenvalue weighted by Crippen LogP contribution is 2.33. The van der Waals surface area contributed by atoms with Crippen molar-refractivity contribution in [1.29, 1.82) is 0 Å². The number of ether oxygens (including phenoxy) is 1. The number of rotatable bonds is 5. The predicted octanol–water partition coefficient (Wildman–Crippen LogP) is 2.10. The maximum absolute atomic E-state index is 5.60. The van der Waals surface area contributed by atoms with Crippen molar-refractivity contribution in [2.75, 3.05) is 27.7 Å².